The number of amides is 2. The number of carbonyl (C=O) groups excluding carboxylic acids is 1. The van der Waals surface area contributed by atoms with Crippen molar-refractivity contribution in [1.82, 2.24) is 10.2 Å². The lowest BCUT2D eigenvalue weighted by atomic mass is 9.93. The van der Waals surface area contributed by atoms with E-state index < -0.39 is 0 Å². The van der Waals surface area contributed by atoms with Gasteiger partial charge in [-0.15, -0.1) is 0 Å². The molecule has 0 radical (unpaired) electrons. The summed E-state index contributed by atoms with van der Waals surface area (Å²) in [5, 5.41) is 13.0. The van der Waals surface area contributed by atoms with Gasteiger partial charge in [0.25, 0.3) is 0 Å². The first-order chi connectivity index (χ1) is 11.1. The number of rotatable bonds is 2. The zero-order chi connectivity index (χ0) is 16.2. The monoisotopic (exact) mass is 318 g/mol. The number of benzene rings is 1. The van der Waals surface area contributed by atoms with Crippen LogP contribution in [0.15, 0.2) is 24.3 Å². The number of hydrogen-bond acceptors (Lipinski definition) is 3. The SMILES string of the molecule is CC(O)C1CCCN(C(=O)NC2CCCOc3ccccc32)C1. The van der Waals surface area contributed by atoms with Crippen molar-refractivity contribution in [2.24, 2.45) is 5.92 Å². The van der Waals surface area contributed by atoms with E-state index in [9.17, 15) is 9.90 Å². The Morgan fingerprint density at radius 2 is 2.17 bits per heavy atom. The molecule has 3 unspecified atom stereocenters. The molecule has 3 rings (SSSR count). The van der Waals surface area contributed by atoms with E-state index in [4.69, 9.17) is 4.74 Å². The van der Waals surface area contributed by atoms with E-state index in [1.165, 1.54) is 0 Å². The Morgan fingerprint density at radius 3 is 3.00 bits per heavy atom. The predicted octanol–water partition coefficient (Wildman–Crippen LogP) is 2.70. The minimum atomic E-state index is -0.363. The number of nitrogens with zero attached hydrogens (tertiary/aromatic N) is 1. The van der Waals surface area contributed by atoms with Gasteiger partial charge in [-0.3, -0.25) is 0 Å². The Kier molecular flexibility index (Phi) is 5.06. The molecule has 23 heavy (non-hydrogen) atoms. The van der Waals surface area contributed by atoms with Gasteiger partial charge in [-0.25, -0.2) is 4.79 Å². The second-order valence-electron chi connectivity index (χ2n) is 6.62. The van der Waals surface area contributed by atoms with Crippen molar-refractivity contribution in [3.8, 4) is 5.75 Å². The fourth-order valence-corrected chi connectivity index (χ4v) is 3.50. The van der Waals surface area contributed by atoms with Gasteiger partial charge in [0, 0.05) is 24.6 Å². The van der Waals surface area contributed by atoms with Gasteiger partial charge >= 0.3 is 6.03 Å². The van der Waals surface area contributed by atoms with E-state index in [1.807, 2.05) is 36.1 Å². The average molecular weight is 318 g/mol. The molecule has 2 N–H and O–H groups in total. The second-order valence-corrected chi connectivity index (χ2v) is 6.62. The summed E-state index contributed by atoms with van der Waals surface area (Å²) in [6.07, 6.45) is 3.39. The maximum Gasteiger partial charge on any atom is 0.317 e. The van der Waals surface area contributed by atoms with E-state index in [-0.39, 0.29) is 24.1 Å². The molecule has 2 aliphatic rings. The summed E-state index contributed by atoms with van der Waals surface area (Å²) in [4.78, 5) is 14.5. The third-order valence-electron chi connectivity index (χ3n) is 4.91. The van der Waals surface area contributed by atoms with E-state index in [0.29, 0.717) is 13.2 Å². The Labute approximate surface area is 137 Å². The Bertz CT molecular complexity index is 547. The number of aliphatic hydroxyl groups is 1. The first kappa shape index (κ1) is 16.1. The first-order valence-electron chi connectivity index (χ1n) is 8.60. The van der Waals surface area contributed by atoms with Crippen LogP contribution >= 0.6 is 0 Å². The van der Waals surface area contributed by atoms with Crippen LogP contribution in [0, 0.1) is 5.92 Å². The van der Waals surface area contributed by atoms with Gasteiger partial charge in [0.15, 0.2) is 0 Å². The van der Waals surface area contributed by atoms with Crippen LogP contribution in [0.5, 0.6) is 5.75 Å². The fourth-order valence-electron chi connectivity index (χ4n) is 3.50. The minimum absolute atomic E-state index is 0.00636. The van der Waals surface area contributed by atoms with Crippen molar-refractivity contribution in [2.75, 3.05) is 19.7 Å². The lowest BCUT2D eigenvalue weighted by molar-refractivity contribution is 0.0732. The highest BCUT2D eigenvalue weighted by atomic mass is 16.5. The molecule has 3 atom stereocenters. The summed E-state index contributed by atoms with van der Waals surface area (Å²) in [7, 11) is 0. The normalized spacial score (nSPS) is 25.7. The fraction of sp³-hybridized carbons (Fsp3) is 0.611. The van der Waals surface area contributed by atoms with Crippen LogP contribution in [0.1, 0.15) is 44.2 Å². The standard InChI is InChI=1S/C18H26N2O3/c1-13(21)14-6-4-10-20(12-14)18(22)19-16-8-5-11-23-17-9-3-2-7-15(16)17/h2-3,7,9,13-14,16,21H,4-6,8,10-12H2,1H3,(H,19,22). The van der Waals surface area contributed by atoms with Crippen LogP contribution in [-0.4, -0.2) is 41.8 Å². The van der Waals surface area contributed by atoms with Crippen LogP contribution in [0.2, 0.25) is 0 Å². The topological polar surface area (TPSA) is 61.8 Å². The summed E-state index contributed by atoms with van der Waals surface area (Å²) in [5.41, 5.74) is 1.06. The first-order valence-corrected chi connectivity index (χ1v) is 8.60. The van der Waals surface area contributed by atoms with Crippen LogP contribution in [0.25, 0.3) is 0 Å². The Hall–Kier alpha value is -1.75. The minimum Gasteiger partial charge on any atom is -0.493 e. The van der Waals surface area contributed by atoms with Crippen LogP contribution in [-0.2, 0) is 0 Å². The third-order valence-corrected chi connectivity index (χ3v) is 4.91. The number of hydrogen-bond donors (Lipinski definition) is 2. The molecule has 1 fully saturated rings. The van der Waals surface area contributed by atoms with Gasteiger partial charge in [-0.05, 0) is 38.7 Å². The van der Waals surface area contributed by atoms with Crippen molar-refractivity contribution in [3.05, 3.63) is 29.8 Å². The van der Waals surface area contributed by atoms with Gasteiger partial charge in [0.1, 0.15) is 5.75 Å². The molecule has 0 aromatic heterocycles. The van der Waals surface area contributed by atoms with Crippen LogP contribution in [0.4, 0.5) is 4.79 Å². The van der Waals surface area contributed by atoms with E-state index in [1.54, 1.807) is 0 Å². The average Bonchev–Trinajstić information content (AvgIpc) is 2.77. The molecule has 0 saturated carbocycles. The summed E-state index contributed by atoms with van der Waals surface area (Å²) in [5.74, 6) is 1.05. The summed E-state index contributed by atoms with van der Waals surface area (Å²) >= 11 is 0. The molecule has 0 bridgehead atoms. The van der Waals surface area contributed by atoms with Crippen LogP contribution < -0.4 is 10.1 Å². The lowest BCUT2D eigenvalue weighted by Gasteiger charge is -2.35. The van der Waals surface area contributed by atoms with E-state index in [0.717, 1.165) is 43.5 Å². The summed E-state index contributed by atoms with van der Waals surface area (Å²) in [6.45, 7) is 3.90. The van der Waals surface area contributed by atoms with Crippen molar-refractivity contribution in [2.45, 2.75) is 44.8 Å². The maximum atomic E-state index is 12.6. The number of aliphatic hydroxyl groups excluding tert-OH is 1. The number of piperidine rings is 1. The molecule has 2 aliphatic heterocycles. The van der Waals surface area contributed by atoms with Crippen molar-refractivity contribution >= 4 is 6.03 Å². The number of ether oxygens (including phenoxy) is 1. The second kappa shape index (κ2) is 7.21. The Balaban J connectivity index is 1.68. The highest BCUT2D eigenvalue weighted by Gasteiger charge is 2.28. The van der Waals surface area contributed by atoms with E-state index >= 15 is 0 Å². The Morgan fingerprint density at radius 1 is 1.35 bits per heavy atom. The molecule has 126 valence electrons. The number of urea groups is 1. The maximum absolute atomic E-state index is 12.6. The van der Waals surface area contributed by atoms with Crippen molar-refractivity contribution < 1.29 is 14.6 Å². The smallest absolute Gasteiger partial charge is 0.317 e. The van der Waals surface area contributed by atoms with Gasteiger partial charge in [0.05, 0.1) is 18.8 Å². The summed E-state index contributed by atoms with van der Waals surface area (Å²) < 4.78 is 5.76. The predicted molar refractivity (Wildman–Crippen MR) is 88.4 cm³/mol. The molecule has 1 saturated heterocycles. The lowest BCUT2D eigenvalue weighted by Crippen LogP contribution is -2.48. The third kappa shape index (κ3) is 3.78. The highest BCUT2D eigenvalue weighted by molar-refractivity contribution is 5.75. The number of likely N-dealkylation sites (tertiary alicyclic amines) is 1. The number of para-hydroxylation sites is 1. The molecule has 1 aromatic rings. The molecular formula is C18H26N2O3. The quantitative estimate of drug-likeness (QED) is 0.881. The van der Waals surface area contributed by atoms with E-state index in [2.05, 4.69) is 5.32 Å². The molecule has 0 spiro atoms. The molecule has 1 aromatic carbocycles. The van der Waals surface area contributed by atoms with Gasteiger partial charge in [0.2, 0.25) is 0 Å². The van der Waals surface area contributed by atoms with Gasteiger partial charge in [-0.1, -0.05) is 18.2 Å². The van der Waals surface area contributed by atoms with Gasteiger partial charge < -0.3 is 20.1 Å². The number of fused-ring (bicyclic) bond motifs is 1. The van der Waals surface area contributed by atoms with Gasteiger partial charge in [-0.2, -0.15) is 0 Å². The molecule has 5 heteroatoms. The highest BCUT2D eigenvalue weighted by Crippen LogP contribution is 2.31. The zero-order valence-corrected chi connectivity index (χ0v) is 13.7. The largest absolute Gasteiger partial charge is 0.493 e. The number of carbonyl (C=O) groups is 1. The molecule has 5 nitrogen and oxygen atoms in total. The zero-order valence-electron chi connectivity index (χ0n) is 13.7. The molecule has 2 heterocycles. The molecule has 2 amide bonds. The summed E-state index contributed by atoms with van der Waals surface area (Å²) in [6, 6.07) is 7.90. The van der Waals surface area contributed by atoms with Crippen molar-refractivity contribution in [3.63, 3.8) is 0 Å². The molecular weight excluding hydrogens is 292 g/mol. The molecule has 0 aliphatic carbocycles. The van der Waals surface area contributed by atoms with Crippen LogP contribution in [0.3, 0.4) is 0 Å². The van der Waals surface area contributed by atoms with Crippen molar-refractivity contribution in [1.29, 1.82) is 0 Å². The number of nitrogens with one attached hydrogen (secondary N) is 1.